The maximum Gasteiger partial charge on any atom is 0.343 e. The molecule has 3 aromatic rings. The fourth-order valence-electron chi connectivity index (χ4n) is 5.36. The molecule has 4 nitrogen and oxygen atoms in total. The standard InChI is InChI=1S/C40H56O4/c1-4-6-8-10-11-12-13-14-16-18-32-43-38-27-25-36(26-28-38)35-19-21-37(22-20-35)40(41)44-39-29-23-34(24-30-39)33(3)42-31-17-15-9-7-5-2/h19-30,33H,4-18,31-32H2,1-3H3. The molecule has 240 valence electrons. The van der Waals surface area contributed by atoms with Crippen LogP contribution in [0, 0.1) is 0 Å². The van der Waals surface area contributed by atoms with E-state index in [-0.39, 0.29) is 12.1 Å². The molecule has 0 N–H and O–H groups in total. The van der Waals surface area contributed by atoms with E-state index in [1.807, 2.05) is 60.7 Å². The number of hydrogen-bond acceptors (Lipinski definition) is 4. The lowest BCUT2D eigenvalue weighted by molar-refractivity contribution is 0.0627. The van der Waals surface area contributed by atoms with Gasteiger partial charge >= 0.3 is 5.97 Å². The van der Waals surface area contributed by atoms with Crippen LogP contribution in [0.2, 0.25) is 0 Å². The van der Waals surface area contributed by atoms with E-state index in [4.69, 9.17) is 14.2 Å². The quantitative estimate of drug-likeness (QED) is 0.0617. The molecule has 3 rings (SSSR count). The van der Waals surface area contributed by atoms with E-state index in [1.165, 1.54) is 83.5 Å². The van der Waals surface area contributed by atoms with Crippen molar-refractivity contribution in [3.63, 3.8) is 0 Å². The predicted octanol–water partition coefficient (Wildman–Crippen LogP) is 11.9. The molecule has 44 heavy (non-hydrogen) atoms. The third-order valence-electron chi connectivity index (χ3n) is 8.25. The van der Waals surface area contributed by atoms with Crippen LogP contribution in [0.25, 0.3) is 11.1 Å². The van der Waals surface area contributed by atoms with Crippen LogP contribution in [-0.4, -0.2) is 19.2 Å². The van der Waals surface area contributed by atoms with Gasteiger partial charge in [0, 0.05) is 6.61 Å². The van der Waals surface area contributed by atoms with Crippen LogP contribution in [0.5, 0.6) is 11.5 Å². The van der Waals surface area contributed by atoms with E-state index in [9.17, 15) is 4.79 Å². The molecule has 4 heteroatoms. The van der Waals surface area contributed by atoms with Crippen molar-refractivity contribution in [1.82, 2.24) is 0 Å². The van der Waals surface area contributed by atoms with Gasteiger partial charge < -0.3 is 14.2 Å². The largest absolute Gasteiger partial charge is 0.494 e. The van der Waals surface area contributed by atoms with E-state index < -0.39 is 0 Å². The fourth-order valence-corrected chi connectivity index (χ4v) is 5.36. The lowest BCUT2D eigenvalue weighted by atomic mass is 10.0. The number of esters is 1. The summed E-state index contributed by atoms with van der Waals surface area (Å²) in [6, 6.07) is 23.4. The minimum absolute atomic E-state index is 0.0173. The average molecular weight is 601 g/mol. The molecule has 0 saturated heterocycles. The molecule has 1 unspecified atom stereocenters. The topological polar surface area (TPSA) is 44.8 Å². The van der Waals surface area contributed by atoms with Crippen molar-refractivity contribution in [2.75, 3.05) is 13.2 Å². The summed E-state index contributed by atoms with van der Waals surface area (Å²) in [7, 11) is 0. The highest BCUT2D eigenvalue weighted by Gasteiger charge is 2.11. The van der Waals surface area contributed by atoms with Gasteiger partial charge in [-0.3, -0.25) is 0 Å². The van der Waals surface area contributed by atoms with Gasteiger partial charge in [0.2, 0.25) is 0 Å². The zero-order valence-corrected chi connectivity index (χ0v) is 27.7. The second-order valence-electron chi connectivity index (χ2n) is 12.0. The zero-order chi connectivity index (χ0) is 31.2. The number of ether oxygens (including phenoxy) is 3. The van der Waals surface area contributed by atoms with E-state index >= 15 is 0 Å². The summed E-state index contributed by atoms with van der Waals surface area (Å²) in [5, 5.41) is 0. The number of hydrogen-bond donors (Lipinski definition) is 0. The summed E-state index contributed by atoms with van der Waals surface area (Å²) in [5.74, 6) is 1.07. The SMILES string of the molecule is CCCCCCCCCCCCOc1ccc(-c2ccc(C(=O)Oc3ccc(C(C)OCCCCCCC)cc3)cc2)cc1. The molecule has 0 radical (unpaired) electrons. The highest BCUT2D eigenvalue weighted by molar-refractivity contribution is 5.91. The Bertz CT molecular complexity index is 1150. The van der Waals surface area contributed by atoms with Gasteiger partial charge in [-0.2, -0.15) is 0 Å². The van der Waals surface area contributed by atoms with Crippen molar-refractivity contribution in [3.05, 3.63) is 83.9 Å². The fraction of sp³-hybridized carbons (Fsp3) is 0.525. The third kappa shape index (κ3) is 13.7. The molecular formula is C40H56O4. The van der Waals surface area contributed by atoms with Crippen molar-refractivity contribution >= 4 is 5.97 Å². The maximum atomic E-state index is 12.8. The Morgan fingerprint density at radius 2 is 1.00 bits per heavy atom. The Morgan fingerprint density at radius 3 is 1.55 bits per heavy atom. The molecule has 0 amide bonds. The van der Waals surface area contributed by atoms with Crippen LogP contribution in [0.3, 0.4) is 0 Å². The van der Waals surface area contributed by atoms with Gasteiger partial charge in [-0.1, -0.05) is 134 Å². The molecule has 0 fully saturated rings. The Labute approximate surface area is 267 Å². The van der Waals surface area contributed by atoms with Gasteiger partial charge in [-0.05, 0) is 72.9 Å². The van der Waals surface area contributed by atoms with Gasteiger partial charge in [0.05, 0.1) is 18.3 Å². The Balaban J connectivity index is 1.35. The van der Waals surface area contributed by atoms with Crippen LogP contribution in [0.1, 0.15) is 139 Å². The minimum atomic E-state index is -0.364. The highest BCUT2D eigenvalue weighted by Crippen LogP contribution is 2.25. The summed E-state index contributed by atoms with van der Waals surface area (Å²) in [6.45, 7) is 8.10. The Hall–Kier alpha value is -3.11. The number of unbranched alkanes of at least 4 members (excludes halogenated alkanes) is 13. The molecule has 0 saturated carbocycles. The van der Waals surface area contributed by atoms with Crippen molar-refractivity contribution < 1.29 is 19.0 Å². The first-order chi connectivity index (χ1) is 21.6. The predicted molar refractivity (Wildman–Crippen MR) is 184 cm³/mol. The van der Waals surface area contributed by atoms with Gasteiger partial charge in [-0.15, -0.1) is 0 Å². The number of rotatable bonds is 23. The molecule has 0 bridgehead atoms. The lowest BCUT2D eigenvalue weighted by Crippen LogP contribution is -2.08. The third-order valence-corrected chi connectivity index (χ3v) is 8.25. The Morgan fingerprint density at radius 1 is 0.545 bits per heavy atom. The molecule has 0 aromatic heterocycles. The van der Waals surface area contributed by atoms with Gasteiger partial charge in [0.15, 0.2) is 0 Å². The van der Waals surface area contributed by atoms with Crippen LogP contribution < -0.4 is 9.47 Å². The number of carbonyl (C=O) groups excluding carboxylic acids is 1. The van der Waals surface area contributed by atoms with Crippen LogP contribution in [0.4, 0.5) is 0 Å². The van der Waals surface area contributed by atoms with Gasteiger partial charge in [0.25, 0.3) is 0 Å². The second-order valence-corrected chi connectivity index (χ2v) is 12.0. The summed E-state index contributed by atoms with van der Waals surface area (Å²) < 4.78 is 17.6. The first-order valence-electron chi connectivity index (χ1n) is 17.4. The van der Waals surface area contributed by atoms with E-state index in [0.29, 0.717) is 11.3 Å². The molecule has 3 aromatic carbocycles. The molecule has 0 heterocycles. The van der Waals surface area contributed by atoms with Crippen LogP contribution >= 0.6 is 0 Å². The van der Waals surface area contributed by atoms with Gasteiger partial charge in [0.1, 0.15) is 11.5 Å². The Kier molecular flexibility index (Phi) is 17.3. The average Bonchev–Trinajstić information content (AvgIpc) is 3.06. The zero-order valence-electron chi connectivity index (χ0n) is 27.7. The van der Waals surface area contributed by atoms with E-state index in [2.05, 4.69) is 32.9 Å². The van der Waals surface area contributed by atoms with Crippen molar-refractivity contribution in [2.24, 2.45) is 0 Å². The molecule has 0 aliphatic rings. The molecule has 0 aliphatic carbocycles. The summed E-state index contributed by atoms with van der Waals surface area (Å²) in [6.07, 6.45) is 19.4. The lowest BCUT2D eigenvalue weighted by Gasteiger charge is -2.14. The highest BCUT2D eigenvalue weighted by atomic mass is 16.5. The number of benzene rings is 3. The molecule has 0 aliphatic heterocycles. The molecule has 1 atom stereocenters. The smallest absolute Gasteiger partial charge is 0.343 e. The first-order valence-corrected chi connectivity index (χ1v) is 17.4. The van der Waals surface area contributed by atoms with Crippen LogP contribution in [0.15, 0.2) is 72.8 Å². The maximum absolute atomic E-state index is 12.8. The normalized spacial score (nSPS) is 11.8. The summed E-state index contributed by atoms with van der Waals surface area (Å²) >= 11 is 0. The van der Waals surface area contributed by atoms with Crippen molar-refractivity contribution in [1.29, 1.82) is 0 Å². The van der Waals surface area contributed by atoms with Crippen molar-refractivity contribution in [2.45, 2.75) is 123 Å². The van der Waals surface area contributed by atoms with E-state index in [0.717, 1.165) is 48.5 Å². The van der Waals surface area contributed by atoms with Crippen molar-refractivity contribution in [3.8, 4) is 22.6 Å². The van der Waals surface area contributed by atoms with E-state index in [1.54, 1.807) is 0 Å². The first kappa shape index (κ1) is 35.4. The van der Waals surface area contributed by atoms with Gasteiger partial charge in [-0.25, -0.2) is 4.79 Å². The van der Waals surface area contributed by atoms with Crippen LogP contribution in [-0.2, 0) is 4.74 Å². The summed E-state index contributed by atoms with van der Waals surface area (Å²) in [4.78, 5) is 12.8. The minimum Gasteiger partial charge on any atom is -0.494 e. The molecule has 0 spiro atoms. The monoisotopic (exact) mass is 600 g/mol. The number of carbonyl (C=O) groups is 1. The second kappa shape index (κ2) is 21.6. The molecular weight excluding hydrogens is 544 g/mol. The summed E-state index contributed by atoms with van der Waals surface area (Å²) in [5.41, 5.74) is 3.74.